The molecule has 1 fully saturated rings. The number of para-hydroxylation sites is 1. The van der Waals surface area contributed by atoms with Gasteiger partial charge in [0.05, 0.1) is 26.2 Å². The molecule has 7 nitrogen and oxygen atoms in total. The molecule has 0 spiro atoms. The largest absolute Gasteiger partial charge is 0.496 e. The second-order valence-corrected chi connectivity index (χ2v) is 5.72. The van der Waals surface area contributed by atoms with Crippen LogP contribution in [0.2, 0.25) is 0 Å². The van der Waals surface area contributed by atoms with Crippen LogP contribution in [-0.2, 0) is 9.59 Å². The van der Waals surface area contributed by atoms with Gasteiger partial charge in [-0.3, -0.25) is 14.5 Å². The number of piperazine rings is 1. The molecule has 1 aliphatic heterocycles. The minimum absolute atomic E-state index is 0.0777. The smallest absolute Gasteiger partial charge is 0.237 e. The van der Waals surface area contributed by atoms with E-state index >= 15 is 0 Å². The Bertz CT molecular complexity index is 618. The first-order valence-corrected chi connectivity index (χ1v) is 8.34. The van der Waals surface area contributed by atoms with Crippen molar-refractivity contribution in [3.8, 4) is 5.75 Å². The molecule has 25 heavy (non-hydrogen) atoms. The van der Waals surface area contributed by atoms with Gasteiger partial charge in [0.1, 0.15) is 5.75 Å². The van der Waals surface area contributed by atoms with Crippen molar-refractivity contribution >= 4 is 17.9 Å². The normalized spacial score (nSPS) is 18.2. The van der Waals surface area contributed by atoms with Crippen LogP contribution in [0, 0.1) is 0 Å². The van der Waals surface area contributed by atoms with Crippen molar-refractivity contribution in [3.05, 3.63) is 35.9 Å². The van der Waals surface area contributed by atoms with Crippen LogP contribution >= 0.6 is 0 Å². The van der Waals surface area contributed by atoms with E-state index in [9.17, 15) is 9.59 Å². The number of ether oxygens (including phenoxy) is 1. The maximum atomic E-state index is 12.1. The number of aliphatic hydroxyl groups excluding tert-OH is 1. The van der Waals surface area contributed by atoms with Crippen molar-refractivity contribution in [2.45, 2.75) is 12.5 Å². The molecule has 0 bridgehead atoms. The third kappa shape index (κ3) is 5.58. The SMILES string of the molecule is COc1ccccc1/C=C/CN1CCNC(=O)[C@@H]1CC(=O)NCCO. The maximum Gasteiger partial charge on any atom is 0.237 e. The van der Waals surface area contributed by atoms with Gasteiger partial charge in [-0.1, -0.05) is 30.4 Å². The minimum atomic E-state index is -0.505. The Labute approximate surface area is 147 Å². The highest BCUT2D eigenvalue weighted by molar-refractivity contribution is 5.88. The summed E-state index contributed by atoms with van der Waals surface area (Å²) in [6, 6.07) is 7.19. The fourth-order valence-electron chi connectivity index (χ4n) is 2.76. The Kier molecular flexibility index (Phi) is 7.43. The molecule has 0 aliphatic carbocycles. The van der Waals surface area contributed by atoms with Crippen LogP contribution in [0.5, 0.6) is 5.75 Å². The molecule has 1 saturated heterocycles. The molecule has 0 aromatic heterocycles. The van der Waals surface area contributed by atoms with Gasteiger partial charge in [0.2, 0.25) is 11.8 Å². The second-order valence-electron chi connectivity index (χ2n) is 5.72. The summed E-state index contributed by atoms with van der Waals surface area (Å²) < 4.78 is 5.31. The molecule has 1 aromatic rings. The molecule has 136 valence electrons. The van der Waals surface area contributed by atoms with Crippen molar-refractivity contribution < 1.29 is 19.4 Å². The van der Waals surface area contributed by atoms with Gasteiger partial charge in [-0.05, 0) is 6.07 Å². The van der Waals surface area contributed by atoms with Gasteiger partial charge in [-0.25, -0.2) is 0 Å². The molecule has 0 unspecified atom stereocenters. The topological polar surface area (TPSA) is 90.9 Å². The zero-order valence-corrected chi connectivity index (χ0v) is 14.4. The molecule has 2 amide bonds. The molecular formula is C18H25N3O4. The third-order valence-corrected chi connectivity index (χ3v) is 4.03. The van der Waals surface area contributed by atoms with Gasteiger partial charge in [0, 0.05) is 31.7 Å². The summed E-state index contributed by atoms with van der Waals surface area (Å²) in [5.74, 6) is 0.404. The van der Waals surface area contributed by atoms with Crippen molar-refractivity contribution in [2.75, 3.05) is 39.9 Å². The van der Waals surface area contributed by atoms with Crippen molar-refractivity contribution in [1.82, 2.24) is 15.5 Å². The van der Waals surface area contributed by atoms with E-state index in [2.05, 4.69) is 10.6 Å². The van der Waals surface area contributed by atoms with Crippen LogP contribution in [0.4, 0.5) is 0 Å². The number of hydrogen-bond donors (Lipinski definition) is 3. The lowest BCUT2D eigenvalue weighted by Crippen LogP contribution is -2.56. The second kappa shape index (κ2) is 9.80. The zero-order chi connectivity index (χ0) is 18.1. The van der Waals surface area contributed by atoms with Crippen LogP contribution in [0.3, 0.4) is 0 Å². The fourth-order valence-corrected chi connectivity index (χ4v) is 2.76. The van der Waals surface area contributed by atoms with Gasteiger partial charge >= 0.3 is 0 Å². The summed E-state index contributed by atoms with van der Waals surface area (Å²) >= 11 is 0. The number of carbonyl (C=O) groups excluding carboxylic acids is 2. The predicted octanol–water partition coefficient (Wildman–Crippen LogP) is 0.00740. The van der Waals surface area contributed by atoms with E-state index in [-0.39, 0.29) is 31.4 Å². The first-order chi connectivity index (χ1) is 12.2. The lowest BCUT2D eigenvalue weighted by atomic mass is 10.1. The fraction of sp³-hybridized carbons (Fsp3) is 0.444. The summed E-state index contributed by atoms with van der Waals surface area (Å²) in [6.45, 7) is 1.88. The van der Waals surface area contributed by atoms with Crippen molar-refractivity contribution in [1.29, 1.82) is 0 Å². The number of amides is 2. The highest BCUT2D eigenvalue weighted by Gasteiger charge is 2.30. The molecular weight excluding hydrogens is 322 g/mol. The van der Waals surface area contributed by atoms with Gasteiger partial charge in [-0.15, -0.1) is 0 Å². The summed E-state index contributed by atoms with van der Waals surface area (Å²) in [5.41, 5.74) is 0.962. The quantitative estimate of drug-likeness (QED) is 0.616. The molecule has 1 atom stereocenters. The highest BCUT2D eigenvalue weighted by Crippen LogP contribution is 2.19. The van der Waals surface area contributed by atoms with Crippen molar-refractivity contribution in [2.24, 2.45) is 0 Å². The Morgan fingerprint density at radius 1 is 1.48 bits per heavy atom. The van der Waals surface area contributed by atoms with Gasteiger partial charge < -0.3 is 20.5 Å². The Hall–Kier alpha value is -2.38. The summed E-state index contributed by atoms with van der Waals surface area (Å²) in [5, 5.41) is 14.2. The van der Waals surface area contributed by atoms with E-state index in [1.807, 2.05) is 41.3 Å². The number of nitrogens with zero attached hydrogens (tertiary/aromatic N) is 1. The highest BCUT2D eigenvalue weighted by atomic mass is 16.5. The van der Waals surface area contributed by atoms with Gasteiger partial charge in [0.25, 0.3) is 0 Å². The van der Waals surface area contributed by atoms with E-state index in [0.717, 1.165) is 11.3 Å². The number of aliphatic hydroxyl groups is 1. The Morgan fingerprint density at radius 3 is 3.04 bits per heavy atom. The molecule has 1 aromatic carbocycles. The number of carbonyl (C=O) groups is 2. The molecule has 7 heteroatoms. The molecule has 2 rings (SSSR count). The number of rotatable bonds is 8. The standard InChI is InChI=1S/C18H25N3O4/c1-25-16-7-3-2-5-14(16)6-4-10-21-11-8-20-18(24)15(21)13-17(23)19-9-12-22/h2-7,15,22H,8-13H2,1H3,(H,19,23)(H,20,24)/b6-4+/t15-/m0/s1. The van der Waals surface area contributed by atoms with Crippen LogP contribution in [0.15, 0.2) is 30.3 Å². The van der Waals surface area contributed by atoms with E-state index in [4.69, 9.17) is 9.84 Å². The van der Waals surface area contributed by atoms with E-state index in [0.29, 0.717) is 19.6 Å². The summed E-state index contributed by atoms with van der Waals surface area (Å²) in [4.78, 5) is 26.0. The Morgan fingerprint density at radius 2 is 2.28 bits per heavy atom. The van der Waals surface area contributed by atoms with Gasteiger partial charge in [0.15, 0.2) is 0 Å². The zero-order valence-electron chi connectivity index (χ0n) is 14.4. The molecule has 3 N–H and O–H groups in total. The van der Waals surface area contributed by atoms with Crippen LogP contribution in [0.1, 0.15) is 12.0 Å². The lowest BCUT2D eigenvalue weighted by molar-refractivity contribution is -0.133. The number of nitrogens with one attached hydrogen (secondary N) is 2. The van der Waals surface area contributed by atoms with Crippen molar-refractivity contribution in [3.63, 3.8) is 0 Å². The third-order valence-electron chi connectivity index (χ3n) is 4.03. The molecule has 0 saturated carbocycles. The molecule has 1 aliphatic rings. The first kappa shape index (κ1) is 19.0. The average Bonchev–Trinajstić information content (AvgIpc) is 2.63. The summed E-state index contributed by atoms with van der Waals surface area (Å²) in [7, 11) is 1.63. The van der Waals surface area contributed by atoms with E-state index < -0.39 is 6.04 Å². The monoisotopic (exact) mass is 347 g/mol. The minimum Gasteiger partial charge on any atom is -0.496 e. The summed E-state index contributed by atoms with van der Waals surface area (Å²) in [6.07, 6.45) is 4.00. The number of benzene rings is 1. The molecule has 0 radical (unpaired) electrons. The van der Waals surface area contributed by atoms with Crippen LogP contribution < -0.4 is 15.4 Å². The lowest BCUT2D eigenvalue weighted by Gasteiger charge is -2.33. The van der Waals surface area contributed by atoms with E-state index in [1.165, 1.54) is 0 Å². The molecule has 1 heterocycles. The number of methoxy groups -OCH3 is 1. The Balaban J connectivity index is 1.98. The maximum absolute atomic E-state index is 12.1. The van der Waals surface area contributed by atoms with Crippen LogP contribution in [0.25, 0.3) is 6.08 Å². The number of hydrogen-bond acceptors (Lipinski definition) is 5. The van der Waals surface area contributed by atoms with E-state index in [1.54, 1.807) is 7.11 Å². The predicted molar refractivity (Wildman–Crippen MR) is 95.1 cm³/mol. The first-order valence-electron chi connectivity index (χ1n) is 8.34. The van der Waals surface area contributed by atoms with Crippen LogP contribution in [-0.4, -0.2) is 67.8 Å². The van der Waals surface area contributed by atoms with Gasteiger partial charge in [-0.2, -0.15) is 0 Å². The average molecular weight is 347 g/mol.